The molecule has 0 atom stereocenters. The maximum absolute atomic E-state index is 10.5. The molecular formula is C10H15N3O2. The number of anilines is 1. The number of nitrogens with zero attached hydrogens (tertiary/aromatic N) is 3. The molecule has 82 valence electrons. The van der Waals surface area contributed by atoms with Crippen LogP contribution in [0.25, 0.3) is 0 Å². The molecule has 1 fully saturated rings. The van der Waals surface area contributed by atoms with Crippen molar-refractivity contribution in [2.75, 3.05) is 18.0 Å². The molecule has 0 radical (unpaired) electrons. The monoisotopic (exact) mass is 209 g/mol. The Bertz CT molecular complexity index is 367. The molecule has 2 rings (SSSR count). The maximum Gasteiger partial charge on any atom is 0.309 e. The maximum atomic E-state index is 10.5. The Morgan fingerprint density at radius 1 is 1.53 bits per heavy atom. The summed E-state index contributed by atoms with van der Waals surface area (Å²) < 4.78 is 1.77. The summed E-state index contributed by atoms with van der Waals surface area (Å²) in [6.45, 7) is 2.10. The molecule has 1 saturated heterocycles. The summed E-state index contributed by atoms with van der Waals surface area (Å²) in [4.78, 5) is 12.8. The first-order valence-corrected chi connectivity index (χ1v) is 5.16. The summed E-state index contributed by atoms with van der Waals surface area (Å²) >= 11 is 0. The summed E-state index contributed by atoms with van der Waals surface area (Å²) in [5, 5.41) is 12.9. The first kappa shape index (κ1) is 10.0. The fraction of sp³-hybridized carbons (Fsp3) is 0.600. The van der Waals surface area contributed by atoms with E-state index in [4.69, 9.17) is 5.11 Å². The highest BCUT2D eigenvalue weighted by molar-refractivity contribution is 5.70. The number of hydrogen-bond acceptors (Lipinski definition) is 3. The molecular weight excluding hydrogens is 194 g/mol. The van der Waals surface area contributed by atoms with E-state index in [1.165, 1.54) is 12.8 Å². The molecule has 5 nitrogen and oxygen atoms in total. The normalized spacial score (nSPS) is 15.9. The molecule has 2 heterocycles. The van der Waals surface area contributed by atoms with Crippen molar-refractivity contribution in [2.24, 2.45) is 7.05 Å². The van der Waals surface area contributed by atoms with Crippen molar-refractivity contribution in [3.63, 3.8) is 0 Å². The zero-order chi connectivity index (χ0) is 10.8. The number of aliphatic carboxylic acids is 1. The second-order valence-electron chi connectivity index (χ2n) is 3.88. The summed E-state index contributed by atoms with van der Waals surface area (Å²) in [6.07, 6.45) is 2.42. The molecule has 1 aliphatic rings. The van der Waals surface area contributed by atoms with Gasteiger partial charge in [0.25, 0.3) is 0 Å². The second kappa shape index (κ2) is 3.92. The van der Waals surface area contributed by atoms with Crippen LogP contribution in [0.4, 0.5) is 5.82 Å². The first-order valence-electron chi connectivity index (χ1n) is 5.16. The van der Waals surface area contributed by atoms with Gasteiger partial charge in [0.05, 0.1) is 12.1 Å². The van der Waals surface area contributed by atoms with Crippen molar-refractivity contribution in [2.45, 2.75) is 19.3 Å². The quantitative estimate of drug-likeness (QED) is 0.794. The summed E-state index contributed by atoms with van der Waals surface area (Å²) in [5.74, 6) is 0.199. The molecule has 0 unspecified atom stereocenters. The predicted molar refractivity (Wildman–Crippen MR) is 56.0 cm³/mol. The van der Waals surface area contributed by atoms with Crippen molar-refractivity contribution < 1.29 is 9.90 Å². The first-order chi connectivity index (χ1) is 7.16. The molecule has 0 aromatic carbocycles. The number of carboxylic acid groups (broad SMARTS) is 1. The lowest BCUT2D eigenvalue weighted by Gasteiger charge is -2.16. The lowest BCUT2D eigenvalue weighted by molar-refractivity contribution is -0.136. The highest BCUT2D eigenvalue weighted by Gasteiger charge is 2.17. The number of rotatable bonds is 3. The summed E-state index contributed by atoms with van der Waals surface area (Å²) in [7, 11) is 1.86. The van der Waals surface area contributed by atoms with Gasteiger partial charge in [-0.15, -0.1) is 0 Å². The van der Waals surface area contributed by atoms with Crippen LogP contribution < -0.4 is 4.90 Å². The van der Waals surface area contributed by atoms with Gasteiger partial charge in [-0.3, -0.25) is 9.48 Å². The molecule has 1 aromatic rings. The molecule has 0 bridgehead atoms. The van der Waals surface area contributed by atoms with E-state index in [-0.39, 0.29) is 6.42 Å². The third kappa shape index (κ3) is 2.11. The summed E-state index contributed by atoms with van der Waals surface area (Å²) in [5.41, 5.74) is 0.631. The van der Waals surface area contributed by atoms with E-state index in [2.05, 4.69) is 10.00 Å². The highest BCUT2D eigenvalue weighted by atomic mass is 16.4. The van der Waals surface area contributed by atoms with Crippen LogP contribution >= 0.6 is 0 Å². The van der Waals surface area contributed by atoms with Gasteiger partial charge in [0, 0.05) is 26.2 Å². The van der Waals surface area contributed by atoms with E-state index >= 15 is 0 Å². The van der Waals surface area contributed by atoms with E-state index in [0.29, 0.717) is 5.69 Å². The second-order valence-corrected chi connectivity index (χ2v) is 3.88. The zero-order valence-electron chi connectivity index (χ0n) is 8.81. The van der Waals surface area contributed by atoms with Gasteiger partial charge in [-0.1, -0.05) is 0 Å². The van der Waals surface area contributed by atoms with Crippen LogP contribution in [-0.4, -0.2) is 33.9 Å². The van der Waals surface area contributed by atoms with Crippen molar-refractivity contribution in [3.8, 4) is 0 Å². The van der Waals surface area contributed by atoms with E-state index in [1.54, 1.807) is 4.68 Å². The fourth-order valence-corrected chi connectivity index (χ4v) is 2.00. The van der Waals surface area contributed by atoms with Crippen LogP contribution in [0.2, 0.25) is 0 Å². The molecule has 0 amide bonds. The summed E-state index contributed by atoms with van der Waals surface area (Å²) in [6, 6.07) is 1.87. The lowest BCUT2D eigenvalue weighted by Crippen LogP contribution is -2.20. The minimum absolute atomic E-state index is 0.00167. The Kier molecular flexibility index (Phi) is 2.62. The van der Waals surface area contributed by atoms with Crippen LogP contribution in [0.1, 0.15) is 18.5 Å². The van der Waals surface area contributed by atoms with Gasteiger partial charge in [0.15, 0.2) is 0 Å². The third-order valence-electron chi connectivity index (χ3n) is 2.67. The molecule has 1 N–H and O–H groups in total. The topological polar surface area (TPSA) is 58.4 Å². The Morgan fingerprint density at radius 3 is 2.80 bits per heavy atom. The SMILES string of the molecule is Cn1nc(CC(=O)O)cc1N1CCCC1. The molecule has 1 aliphatic heterocycles. The van der Waals surface area contributed by atoms with Gasteiger partial charge >= 0.3 is 5.97 Å². The molecule has 15 heavy (non-hydrogen) atoms. The molecule has 0 saturated carbocycles. The van der Waals surface area contributed by atoms with E-state index in [1.807, 2.05) is 13.1 Å². The number of carbonyl (C=O) groups is 1. The van der Waals surface area contributed by atoms with Gasteiger partial charge in [-0.25, -0.2) is 0 Å². The fourth-order valence-electron chi connectivity index (χ4n) is 2.00. The largest absolute Gasteiger partial charge is 0.481 e. The van der Waals surface area contributed by atoms with Crippen LogP contribution in [0.5, 0.6) is 0 Å². The Balaban J connectivity index is 2.17. The number of carboxylic acids is 1. The van der Waals surface area contributed by atoms with Gasteiger partial charge < -0.3 is 10.0 Å². The average Bonchev–Trinajstić information content (AvgIpc) is 2.72. The van der Waals surface area contributed by atoms with Crippen LogP contribution in [0.15, 0.2) is 6.07 Å². The Hall–Kier alpha value is -1.52. The van der Waals surface area contributed by atoms with Crippen molar-refractivity contribution in [1.82, 2.24) is 9.78 Å². The predicted octanol–water partition coefficient (Wildman–Crippen LogP) is 0.647. The third-order valence-corrected chi connectivity index (χ3v) is 2.67. The van der Waals surface area contributed by atoms with Gasteiger partial charge in [-0.2, -0.15) is 5.10 Å². The van der Waals surface area contributed by atoms with Gasteiger partial charge in [0.2, 0.25) is 0 Å². The zero-order valence-corrected chi connectivity index (χ0v) is 8.81. The van der Waals surface area contributed by atoms with E-state index in [9.17, 15) is 4.79 Å². The van der Waals surface area contributed by atoms with Crippen LogP contribution in [0.3, 0.4) is 0 Å². The average molecular weight is 209 g/mol. The minimum Gasteiger partial charge on any atom is -0.481 e. The van der Waals surface area contributed by atoms with E-state index in [0.717, 1.165) is 18.9 Å². The molecule has 1 aromatic heterocycles. The smallest absolute Gasteiger partial charge is 0.309 e. The van der Waals surface area contributed by atoms with Crippen molar-refractivity contribution in [3.05, 3.63) is 11.8 Å². The van der Waals surface area contributed by atoms with Crippen molar-refractivity contribution in [1.29, 1.82) is 0 Å². The number of aromatic nitrogens is 2. The van der Waals surface area contributed by atoms with Crippen LogP contribution in [-0.2, 0) is 18.3 Å². The molecule has 0 spiro atoms. The van der Waals surface area contributed by atoms with E-state index < -0.39 is 5.97 Å². The van der Waals surface area contributed by atoms with Crippen LogP contribution in [0, 0.1) is 0 Å². The number of hydrogen-bond donors (Lipinski definition) is 1. The van der Waals surface area contributed by atoms with Crippen molar-refractivity contribution >= 4 is 11.8 Å². The highest BCUT2D eigenvalue weighted by Crippen LogP contribution is 2.20. The van der Waals surface area contributed by atoms with Gasteiger partial charge in [0.1, 0.15) is 5.82 Å². The number of aryl methyl sites for hydroxylation is 1. The molecule has 0 aliphatic carbocycles. The Labute approximate surface area is 88.3 Å². The Morgan fingerprint density at radius 2 is 2.20 bits per heavy atom. The van der Waals surface area contributed by atoms with Gasteiger partial charge in [-0.05, 0) is 12.8 Å². The standard InChI is InChI=1S/C10H15N3O2/c1-12-9(13-4-2-3-5-13)6-8(11-12)7-10(14)15/h6H,2-5,7H2,1H3,(H,14,15). The lowest BCUT2D eigenvalue weighted by atomic mass is 10.3. The minimum atomic E-state index is -0.832. The molecule has 5 heteroatoms.